The average Bonchev–Trinajstić information content (AvgIpc) is 2.64. The van der Waals surface area contributed by atoms with Crippen molar-refractivity contribution in [2.24, 2.45) is 5.73 Å². The zero-order valence-electron chi connectivity index (χ0n) is 12.1. The van der Waals surface area contributed by atoms with Crippen LogP contribution in [-0.2, 0) is 23.8 Å². The molecule has 1 heterocycles. The van der Waals surface area contributed by atoms with E-state index in [1.54, 1.807) is 6.92 Å². The predicted octanol–water partition coefficient (Wildman–Crippen LogP) is 1.86. The lowest BCUT2D eigenvalue weighted by Gasteiger charge is -2.09. The molecule has 0 amide bonds. The molecular weight excluding hydrogens is 318 g/mol. The van der Waals surface area contributed by atoms with Crippen molar-refractivity contribution in [3.05, 3.63) is 46.5 Å². The van der Waals surface area contributed by atoms with Crippen LogP contribution in [-0.4, -0.2) is 20.0 Å². The van der Waals surface area contributed by atoms with Crippen molar-refractivity contribution < 1.29 is 23.5 Å². The molecule has 1 aromatic carbocycles. The summed E-state index contributed by atoms with van der Waals surface area (Å²) in [5.74, 6) is -2.46. The molecule has 0 spiro atoms. The summed E-state index contributed by atoms with van der Waals surface area (Å²) in [6, 6.07) is 5.80. The highest BCUT2D eigenvalue weighted by Crippen LogP contribution is 2.32. The van der Waals surface area contributed by atoms with E-state index < -0.39 is 33.6 Å². The fraction of sp³-hybridized carbons (Fsp3) is 0.308. The van der Waals surface area contributed by atoms with Gasteiger partial charge in [-0.05, 0) is 18.6 Å². The molecule has 8 heteroatoms. The van der Waals surface area contributed by atoms with Gasteiger partial charge < -0.3 is 14.7 Å². The third-order valence-electron chi connectivity index (χ3n) is 2.62. The van der Waals surface area contributed by atoms with E-state index in [2.05, 4.69) is 0 Å². The van der Waals surface area contributed by atoms with Crippen LogP contribution in [0.3, 0.4) is 0 Å². The van der Waals surface area contributed by atoms with Crippen molar-refractivity contribution in [1.29, 1.82) is 0 Å². The van der Waals surface area contributed by atoms with Crippen LogP contribution < -0.4 is 5.73 Å². The van der Waals surface area contributed by atoms with Crippen LogP contribution in [0.4, 0.5) is 0 Å². The van der Waals surface area contributed by atoms with E-state index in [1.807, 2.05) is 0 Å². The van der Waals surface area contributed by atoms with Gasteiger partial charge >= 0.3 is 10.1 Å². The molecule has 21 heavy (non-hydrogen) atoms. The summed E-state index contributed by atoms with van der Waals surface area (Å²) in [6.45, 7) is 1.65. The molecule has 2 rings (SSSR count). The molecule has 0 saturated heterocycles. The van der Waals surface area contributed by atoms with Crippen LogP contribution in [0.2, 0.25) is 5.02 Å². The van der Waals surface area contributed by atoms with Gasteiger partial charge in [0.2, 0.25) is 17.4 Å². The highest BCUT2D eigenvalue weighted by atomic mass is 35.5. The molecule has 0 radical (unpaired) electrons. The van der Waals surface area contributed by atoms with Crippen LogP contribution in [0, 0.1) is 0 Å². The fourth-order valence-corrected chi connectivity index (χ4v) is 2.83. The first-order valence-electron chi connectivity index (χ1n) is 6.61. The zero-order chi connectivity index (χ0) is 16.5. The number of Topliss-reactive ketones (excluding diaryl/α,β-unsaturated/α-hetero) is 1. The predicted molar refractivity (Wildman–Crippen MR) is 76.7 cm³/mol. The molecule has 2 N–H and O–H groups in total. The Labute approximate surface area is 129 Å². The van der Waals surface area contributed by atoms with Crippen molar-refractivity contribution in [2.75, 3.05) is 5.75 Å². The lowest BCUT2D eigenvalue weighted by Crippen LogP contribution is -2.16. The molecular formula is C13H14ClNO5S. The van der Waals surface area contributed by atoms with Crippen molar-refractivity contribution in [3.8, 4) is 0 Å². The van der Waals surface area contributed by atoms with Crippen LogP contribution >= 0.6 is 11.6 Å². The van der Waals surface area contributed by atoms with Gasteiger partial charge in [-0.25, -0.2) is 0 Å². The van der Waals surface area contributed by atoms with Gasteiger partial charge in [-0.1, -0.05) is 30.7 Å². The molecule has 1 atom stereocenters. The summed E-state index contributed by atoms with van der Waals surface area (Å²) in [5.41, 5.74) is 5.68. The van der Waals surface area contributed by atoms with Gasteiger partial charge in [0.05, 0.1) is 7.12 Å². The Morgan fingerprint density at radius 1 is 1.43 bits per heavy atom. The van der Waals surface area contributed by atoms with E-state index in [1.165, 1.54) is 24.3 Å². The van der Waals surface area contributed by atoms with Gasteiger partial charge in [0.25, 0.3) is 0 Å². The highest BCUT2D eigenvalue weighted by Gasteiger charge is 2.39. The number of benzene rings is 1. The largest absolute Gasteiger partial charge is 0.460 e. The lowest BCUT2D eigenvalue weighted by atomic mass is 10.1. The highest BCUT2D eigenvalue weighted by molar-refractivity contribution is 7.86. The monoisotopic (exact) mass is 332 g/mol. The Balaban J connectivity index is 2.32. The van der Waals surface area contributed by atoms with Crippen LogP contribution in [0.15, 0.2) is 35.9 Å². The third kappa shape index (κ3) is 3.48. The standard InChI is InChI=1S/C13H14ClNO5S/c1-2-7-21(17,18)20-12-10(16)11(19-13(12)15)8-3-5-9(14)6-4-8/h3-6,11H,2,7,15H2,1H3/t11-/m1/s1/i11D. The summed E-state index contributed by atoms with van der Waals surface area (Å²) >= 11 is 5.75. The van der Waals surface area contributed by atoms with Crippen LogP contribution in [0.5, 0.6) is 0 Å². The second-order valence-corrected chi connectivity index (χ2v) is 6.43. The summed E-state index contributed by atoms with van der Waals surface area (Å²) in [6.07, 6.45) is -1.88. The molecule has 0 bridgehead atoms. The van der Waals surface area contributed by atoms with Gasteiger partial charge in [-0.15, -0.1) is 0 Å². The molecule has 6 nitrogen and oxygen atoms in total. The Kier molecular flexibility index (Phi) is 4.03. The van der Waals surface area contributed by atoms with E-state index in [4.69, 9.17) is 27.6 Å². The Hall–Kier alpha value is -1.73. The first kappa shape index (κ1) is 14.2. The molecule has 0 fully saturated rings. The van der Waals surface area contributed by atoms with Gasteiger partial charge in [-0.2, -0.15) is 8.42 Å². The third-order valence-corrected chi connectivity index (χ3v) is 4.20. The minimum absolute atomic E-state index is 0.163. The Bertz CT molecular complexity index is 731. The molecule has 0 aliphatic carbocycles. The second-order valence-electron chi connectivity index (χ2n) is 4.31. The van der Waals surface area contributed by atoms with E-state index >= 15 is 0 Å². The summed E-state index contributed by atoms with van der Waals surface area (Å²) in [5, 5.41) is 0.417. The lowest BCUT2D eigenvalue weighted by molar-refractivity contribution is -0.123. The van der Waals surface area contributed by atoms with E-state index in [0.717, 1.165) is 0 Å². The number of carbonyl (C=O) groups excluding carboxylic acids is 1. The molecule has 0 saturated carbocycles. The van der Waals surface area contributed by atoms with Crippen molar-refractivity contribution in [3.63, 3.8) is 0 Å². The van der Waals surface area contributed by atoms with Gasteiger partial charge in [-0.3, -0.25) is 4.79 Å². The second kappa shape index (κ2) is 5.95. The van der Waals surface area contributed by atoms with E-state index in [0.29, 0.717) is 11.4 Å². The number of hydrogen-bond acceptors (Lipinski definition) is 6. The smallest absolute Gasteiger partial charge is 0.309 e. The maximum Gasteiger partial charge on any atom is 0.309 e. The maximum atomic E-state index is 12.3. The molecule has 1 aliphatic heterocycles. The molecule has 0 unspecified atom stereocenters. The first-order valence-corrected chi connectivity index (χ1v) is 8.07. The number of nitrogens with two attached hydrogens (primary N) is 1. The zero-order valence-corrected chi connectivity index (χ0v) is 12.7. The molecule has 0 aromatic heterocycles. The van der Waals surface area contributed by atoms with Crippen molar-refractivity contribution >= 4 is 27.5 Å². The van der Waals surface area contributed by atoms with Gasteiger partial charge in [0.15, 0.2) is 6.08 Å². The Morgan fingerprint density at radius 3 is 2.62 bits per heavy atom. The Morgan fingerprint density at radius 2 is 2.05 bits per heavy atom. The number of ether oxygens (including phenoxy) is 1. The number of carbonyl (C=O) groups is 1. The minimum Gasteiger partial charge on any atom is -0.460 e. The normalized spacial score (nSPS) is 23.0. The summed E-state index contributed by atoms with van der Waals surface area (Å²) < 4.78 is 41.3. The number of ketones is 1. The van der Waals surface area contributed by atoms with Crippen LogP contribution in [0.1, 0.15) is 26.4 Å². The average molecular weight is 333 g/mol. The SMILES string of the molecule is [2H][C@]1(c2ccc(Cl)cc2)OC(N)=C(OS(=O)(=O)CCC)C1=O. The van der Waals surface area contributed by atoms with Crippen LogP contribution in [0.25, 0.3) is 0 Å². The van der Waals surface area contributed by atoms with Crippen molar-refractivity contribution in [1.82, 2.24) is 0 Å². The maximum absolute atomic E-state index is 12.3. The minimum atomic E-state index is -3.96. The molecule has 1 aliphatic rings. The molecule has 114 valence electrons. The fourth-order valence-electron chi connectivity index (χ4n) is 1.71. The van der Waals surface area contributed by atoms with Gasteiger partial charge in [0.1, 0.15) is 0 Å². The topological polar surface area (TPSA) is 95.7 Å². The summed E-state index contributed by atoms with van der Waals surface area (Å²) in [4.78, 5) is 12.3. The number of hydrogen-bond donors (Lipinski definition) is 1. The number of rotatable bonds is 5. The van der Waals surface area contributed by atoms with Gasteiger partial charge in [0, 0.05) is 10.6 Å². The quantitative estimate of drug-likeness (QED) is 0.827. The summed E-state index contributed by atoms with van der Waals surface area (Å²) in [7, 11) is -3.96. The van der Waals surface area contributed by atoms with E-state index in [9.17, 15) is 13.2 Å². The van der Waals surface area contributed by atoms with Crippen molar-refractivity contribution in [2.45, 2.75) is 19.4 Å². The van der Waals surface area contributed by atoms with E-state index in [-0.39, 0.29) is 11.3 Å². The number of halogens is 1. The first-order chi connectivity index (χ1) is 10.2. The molecule has 1 aromatic rings.